The van der Waals surface area contributed by atoms with Crippen molar-refractivity contribution in [1.82, 2.24) is 4.90 Å². The number of esters is 1. The van der Waals surface area contributed by atoms with Gasteiger partial charge >= 0.3 is 5.97 Å². The molecule has 1 fully saturated rings. The number of methoxy groups -OCH3 is 1. The molecule has 1 rings (SSSR count). The molecule has 6 heteroatoms. The smallest absolute Gasteiger partial charge is 0.331 e. The van der Waals surface area contributed by atoms with Gasteiger partial charge in [-0.05, 0) is 0 Å². The summed E-state index contributed by atoms with van der Waals surface area (Å²) in [5, 5.41) is 0.563. The van der Waals surface area contributed by atoms with Crippen LogP contribution in [0.15, 0.2) is 0 Å². The Hall–Kier alpha value is -0.620. The fraction of sp³-hybridized carbons (Fsp3) is 0.833. The molecule has 0 unspecified atom stereocenters. The first kappa shape index (κ1) is 15.4. The van der Waals surface area contributed by atoms with Gasteiger partial charge in [0, 0.05) is 17.2 Å². The Labute approximate surface area is 116 Å². The van der Waals surface area contributed by atoms with Crippen LogP contribution < -0.4 is 0 Å². The molecule has 0 aromatic rings. The van der Waals surface area contributed by atoms with Crippen LogP contribution in [0.25, 0.3) is 0 Å². The van der Waals surface area contributed by atoms with Crippen molar-refractivity contribution < 1.29 is 19.1 Å². The predicted molar refractivity (Wildman–Crippen MR) is 70.3 cm³/mol. The lowest BCUT2D eigenvalue weighted by Crippen LogP contribution is -2.50. The number of hydrogen-bond donors (Lipinski definition) is 0. The number of alkyl halides is 1. The zero-order valence-corrected chi connectivity index (χ0v) is 12.8. The number of nitrogens with zero attached hydrogens (tertiary/aromatic N) is 1. The number of halogens is 1. The summed E-state index contributed by atoms with van der Waals surface area (Å²) >= 11 is 3.24. The van der Waals surface area contributed by atoms with Gasteiger partial charge in [0.05, 0.1) is 13.7 Å². The van der Waals surface area contributed by atoms with E-state index in [1.807, 2.05) is 20.8 Å². The SMILES string of the molecule is COC(=O)[C@@H]1CO[C@H](C(C)(C)C)N1C(=O)CCBr. The third-order valence-electron chi connectivity index (χ3n) is 2.81. The maximum Gasteiger partial charge on any atom is 0.331 e. The molecule has 104 valence electrons. The quantitative estimate of drug-likeness (QED) is 0.584. The van der Waals surface area contributed by atoms with Gasteiger partial charge in [-0.2, -0.15) is 0 Å². The van der Waals surface area contributed by atoms with Crippen molar-refractivity contribution in [3.63, 3.8) is 0 Å². The molecule has 0 saturated carbocycles. The number of hydrogen-bond acceptors (Lipinski definition) is 4. The summed E-state index contributed by atoms with van der Waals surface area (Å²) < 4.78 is 10.4. The van der Waals surface area contributed by atoms with Crippen molar-refractivity contribution >= 4 is 27.8 Å². The maximum absolute atomic E-state index is 12.1. The van der Waals surface area contributed by atoms with E-state index in [9.17, 15) is 9.59 Å². The van der Waals surface area contributed by atoms with Gasteiger partial charge in [0.15, 0.2) is 6.04 Å². The number of amides is 1. The molecule has 5 nitrogen and oxygen atoms in total. The van der Waals surface area contributed by atoms with Gasteiger partial charge in [0.1, 0.15) is 6.23 Å². The summed E-state index contributed by atoms with van der Waals surface area (Å²) in [6.07, 6.45) is -0.0585. The Morgan fingerprint density at radius 3 is 2.50 bits per heavy atom. The molecule has 18 heavy (non-hydrogen) atoms. The zero-order chi connectivity index (χ0) is 13.9. The van der Waals surface area contributed by atoms with Crippen LogP contribution in [0.3, 0.4) is 0 Å². The number of carbonyl (C=O) groups is 2. The predicted octanol–water partition coefficient (Wildman–Crippen LogP) is 1.54. The highest BCUT2D eigenvalue weighted by atomic mass is 79.9. The molecule has 0 N–H and O–H groups in total. The molecular formula is C12H20BrNO4. The van der Waals surface area contributed by atoms with Crippen molar-refractivity contribution in [1.29, 1.82) is 0 Å². The van der Waals surface area contributed by atoms with E-state index in [-0.39, 0.29) is 17.9 Å². The van der Waals surface area contributed by atoms with E-state index in [1.165, 1.54) is 12.0 Å². The number of rotatable bonds is 3. The Kier molecular flexibility index (Phi) is 5.16. The minimum atomic E-state index is -0.634. The molecule has 2 atom stereocenters. The molecule has 1 aliphatic rings. The Balaban J connectivity index is 2.96. The van der Waals surface area contributed by atoms with Crippen LogP contribution in [0.5, 0.6) is 0 Å². The third kappa shape index (κ3) is 3.23. The Bertz CT molecular complexity index is 327. The van der Waals surface area contributed by atoms with Gasteiger partial charge in [-0.15, -0.1) is 0 Å². The first-order valence-electron chi connectivity index (χ1n) is 5.89. The highest BCUT2D eigenvalue weighted by molar-refractivity contribution is 9.09. The minimum absolute atomic E-state index is 0.0975. The summed E-state index contributed by atoms with van der Waals surface area (Å²) in [6.45, 7) is 6.13. The van der Waals surface area contributed by atoms with E-state index in [0.29, 0.717) is 11.8 Å². The molecule has 0 aromatic carbocycles. The highest BCUT2D eigenvalue weighted by Gasteiger charge is 2.46. The van der Waals surface area contributed by atoms with E-state index in [1.54, 1.807) is 0 Å². The highest BCUT2D eigenvalue weighted by Crippen LogP contribution is 2.32. The van der Waals surface area contributed by atoms with E-state index >= 15 is 0 Å². The Morgan fingerprint density at radius 2 is 2.06 bits per heavy atom. The lowest BCUT2D eigenvalue weighted by molar-refractivity contribution is -0.155. The van der Waals surface area contributed by atoms with Gasteiger partial charge in [0.25, 0.3) is 0 Å². The largest absolute Gasteiger partial charge is 0.467 e. The summed E-state index contributed by atoms with van der Waals surface area (Å²) in [4.78, 5) is 25.4. The standard InChI is InChI=1S/C12H20BrNO4/c1-12(2,3)11-14(9(15)5-6-13)8(7-18-11)10(16)17-4/h8,11H,5-7H2,1-4H3/t8-,11+/m0/s1. The first-order valence-corrected chi connectivity index (χ1v) is 7.01. The average molecular weight is 322 g/mol. The second kappa shape index (κ2) is 6.02. The molecule has 1 saturated heterocycles. The normalized spacial score (nSPS) is 24.2. The van der Waals surface area contributed by atoms with Crippen LogP contribution in [0.4, 0.5) is 0 Å². The van der Waals surface area contributed by atoms with Crippen molar-refractivity contribution in [2.24, 2.45) is 5.41 Å². The molecule has 0 bridgehead atoms. The van der Waals surface area contributed by atoms with Crippen molar-refractivity contribution in [3.05, 3.63) is 0 Å². The van der Waals surface area contributed by atoms with Crippen LogP contribution in [0.2, 0.25) is 0 Å². The molecule has 0 aromatic heterocycles. The van der Waals surface area contributed by atoms with Crippen molar-refractivity contribution in [2.75, 3.05) is 19.0 Å². The summed E-state index contributed by atoms with van der Waals surface area (Å²) in [5.41, 5.74) is -0.245. The van der Waals surface area contributed by atoms with E-state index < -0.39 is 18.2 Å². The van der Waals surface area contributed by atoms with Gasteiger partial charge in [-0.3, -0.25) is 9.69 Å². The fourth-order valence-corrected chi connectivity index (χ4v) is 2.34. The first-order chi connectivity index (χ1) is 8.32. The maximum atomic E-state index is 12.1. The summed E-state index contributed by atoms with van der Waals surface area (Å²) in [6, 6.07) is -0.634. The second-order valence-corrected chi connectivity index (χ2v) is 6.12. The molecule has 1 aliphatic heterocycles. The Morgan fingerprint density at radius 1 is 1.44 bits per heavy atom. The van der Waals surface area contributed by atoms with E-state index in [0.717, 1.165) is 0 Å². The molecule has 1 amide bonds. The second-order valence-electron chi connectivity index (χ2n) is 5.33. The molecule has 0 radical (unpaired) electrons. The van der Waals surface area contributed by atoms with Gasteiger partial charge in [-0.25, -0.2) is 4.79 Å². The van der Waals surface area contributed by atoms with Gasteiger partial charge in [-0.1, -0.05) is 36.7 Å². The van der Waals surface area contributed by atoms with Gasteiger partial charge < -0.3 is 9.47 Å². The van der Waals surface area contributed by atoms with Crippen LogP contribution in [0.1, 0.15) is 27.2 Å². The summed E-state index contributed by atoms with van der Waals surface area (Å²) in [5.74, 6) is -0.524. The van der Waals surface area contributed by atoms with Crippen LogP contribution >= 0.6 is 15.9 Å². The number of ether oxygens (including phenoxy) is 2. The van der Waals surface area contributed by atoms with Crippen molar-refractivity contribution in [2.45, 2.75) is 39.5 Å². The average Bonchev–Trinajstić information content (AvgIpc) is 2.72. The van der Waals surface area contributed by atoms with E-state index in [4.69, 9.17) is 9.47 Å². The van der Waals surface area contributed by atoms with Crippen LogP contribution in [0, 0.1) is 5.41 Å². The van der Waals surface area contributed by atoms with Crippen LogP contribution in [-0.2, 0) is 19.1 Å². The molecule has 0 aliphatic carbocycles. The molecular weight excluding hydrogens is 302 g/mol. The van der Waals surface area contributed by atoms with Crippen LogP contribution in [-0.4, -0.2) is 48.1 Å². The fourth-order valence-electron chi connectivity index (χ4n) is 2.01. The molecule has 0 spiro atoms. The lowest BCUT2D eigenvalue weighted by atomic mass is 9.93. The van der Waals surface area contributed by atoms with E-state index in [2.05, 4.69) is 15.9 Å². The number of carbonyl (C=O) groups excluding carboxylic acids is 2. The van der Waals surface area contributed by atoms with Gasteiger partial charge in [0.2, 0.25) is 5.91 Å². The third-order valence-corrected chi connectivity index (χ3v) is 3.21. The summed E-state index contributed by atoms with van der Waals surface area (Å²) in [7, 11) is 1.32. The minimum Gasteiger partial charge on any atom is -0.467 e. The van der Waals surface area contributed by atoms with Crippen molar-refractivity contribution in [3.8, 4) is 0 Å². The topological polar surface area (TPSA) is 55.8 Å². The monoisotopic (exact) mass is 321 g/mol. The molecule has 1 heterocycles. The lowest BCUT2D eigenvalue weighted by Gasteiger charge is -2.35. The zero-order valence-electron chi connectivity index (χ0n) is 11.2.